The van der Waals surface area contributed by atoms with Crippen LogP contribution in [-0.2, 0) is 0 Å². The highest BCUT2D eigenvalue weighted by atomic mass is 16.5. The van der Waals surface area contributed by atoms with E-state index in [1.807, 2.05) is 18.2 Å². The summed E-state index contributed by atoms with van der Waals surface area (Å²) in [5.74, 6) is 2.13. The zero-order valence-electron chi connectivity index (χ0n) is 10.4. The lowest BCUT2D eigenvalue weighted by Crippen LogP contribution is -2.23. The highest BCUT2D eigenvalue weighted by Crippen LogP contribution is 2.30. The van der Waals surface area contributed by atoms with Crippen LogP contribution in [0.4, 0.5) is 0 Å². The minimum Gasteiger partial charge on any atom is -0.492 e. The largest absolute Gasteiger partial charge is 0.492 e. The van der Waals surface area contributed by atoms with Crippen LogP contribution in [0.1, 0.15) is 38.2 Å². The Morgan fingerprint density at radius 3 is 2.82 bits per heavy atom. The molecule has 0 heterocycles. The second kappa shape index (κ2) is 5.72. The molecule has 2 nitrogen and oxygen atoms in total. The topological polar surface area (TPSA) is 33.0 Å². The average Bonchev–Trinajstić information content (AvgIpc) is 2.38. The number of nitrogens with zero attached hydrogens (tertiary/aromatic N) is 1. The summed E-state index contributed by atoms with van der Waals surface area (Å²) in [6.45, 7) is 3.06. The molecule has 0 saturated heterocycles. The van der Waals surface area contributed by atoms with Gasteiger partial charge in [0.1, 0.15) is 11.8 Å². The van der Waals surface area contributed by atoms with Gasteiger partial charge < -0.3 is 4.74 Å². The molecule has 1 aliphatic carbocycles. The van der Waals surface area contributed by atoms with Crippen LogP contribution in [0.5, 0.6) is 5.75 Å². The lowest BCUT2D eigenvalue weighted by molar-refractivity contribution is 0.159. The quantitative estimate of drug-likeness (QED) is 0.790. The van der Waals surface area contributed by atoms with Crippen molar-refractivity contribution in [3.05, 3.63) is 29.8 Å². The number of nitriles is 1. The van der Waals surface area contributed by atoms with Crippen molar-refractivity contribution >= 4 is 0 Å². The van der Waals surface area contributed by atoms with Crippen molar-refractivity contribution < 1.29 is 4.74 Å². The molecule has 1 unspecified atom stereocenters. The first-order valence-electron chi connectivity index (χ1n) is 6.43. The van der Waals surface area contributed by atoms with Gasteiger partial charge >= 0.3 is 0 Å². The van der Waals surface area contributed by atoms with E-state index in [1.165, 1.54) is 25.7 Å². The number of rotatable bonds is 3. The van der Waals surface area contributed by atoms with E-state index in [2.05, 4.69) is 13.0 Å². The van der Waals surface area contributed by atoms with Gasteiger partial charge in [0.15, 0.2) is 0 Å². The zero-order valence-corrected chi connectivity index (χ0v) is 10.4. The summed E-state index contributed by atoms with van der Waals surface area (Å²) >= 11 is 0. The fourth-order valence-corrected chi connectivity index (χ4v) is 2.52. The number of hydrogen-bond donors (Lipinski definition) is 0. The second-order valence-corrected chi connectivity index (χ2v) is 4.94. The number of para-hydroxylation sites is 1. The van der Waals surface area contributed by atoms with Crippen molar-refractivity contribution in [1.82, 2.24) is 0 Å². The maximum Gasteiger partial charge on any atom is 0.137 e. The summed E-state index contributed by atoms with van der Waals surface area (Å²) in [6, 6.07) is 9.64. The minimum absolute atomic E-state index is 0.635. The highest BCUT2D eigenvalue weighted by molar-refractivity contribution is 5.42. The van der Waals surface area contributed by atoms with E-state index in [0.717, 1.165) is 18.3 Å². The molecule has 0 amide bonds. The summed E-state index contributed by atoms with van der Waals surface area (Å²) in [5.41, 5.74) is 0.635. The molecule has 2 rings (SSSR count). The lowest BCUT2D eigenvalue weighted by atomic mass is 9.81. The Bertz CT molecular complexity index is 408. The Hall–Kier alpha value is -1.49. The molecule has 17 heavy (non-hydrogen) atoms. The molecule has 2 heteroatoms. The van der Waals surface area contributed by atoms with Crippen molar-refractivity contribution in [3.8, 4) is 11.8 Å². The van der Waals surface area contributed by atoms with E-state index in [4.69, 9.17) is 10.00 Å². The fourth-order valence-electron chi connectivity index (χ4n) is 2.52. The van der Waals surface area contributed by atoms with Gasteiger partial charge in [0, 0.05) is 0 Å². The van der Waals surface area contributed by atoms with Gasteiger partial charge in [0.05, 0.1) is 12.2 Å². The monoisotopic (exact) mass is 229 g/mol. The highest BCUT2D eigenvalue weighted by Gasteiger charge is 2.21. The first kappa shape index (κ1) is 12.0. The Morgan fingerprint density at radius 1 is 1.29 bits per heavy atom. The third-order valence-electron chi connectivity index (χ3n) is 3.75. The maximum atomic E-state index is 8.98. The van der Waals surface area contributed by atoms with Crippen LogP contribution in [0.25, 0.3) is 0 Å². The molecule has 1 fully saturated rings. The molecule has 0 aromatic heterocycles. The smallest absolute Gasteiger partial charge is 0.137 e. The van der Waals surface area contributed by atoms with Gasteiger partial charge in [-0.3, -0.25) is 0 Å². The van der Waals surface area contributed by atoms with Crippen LogP contribution in [-0.4, -0.2) is 6.61 Å². The van der Waals surface area contributed by atoms with Crippen LogP contribution in [0.2, 0.25) is 0 Å². The van der Waals surface area contributed by atoms with Crippen LogP contribution in [0, 0.1) is 23.2 Å². The third-order valence-corrected chi connectivity index (χ3v) is 3.75. The molecule has 1 aliphatic rings. The molecule has 2 atom stereocenters. The maximum absolute atomic E-state index is 8.98. The van der Waals surface area contributed by atoms with Crippen LogP contribution < -0.4 is 4.74 Å². The molecule has 1 saturated carbocycles. The summed E-state index contributed by atoms with van der Waals surface area (Å²) in [4.78, 5) is 0. The molecule has 0 bridgehead atoms. The van der Waals surface area contributed by atoms with Crippen LogP contribution in [0.15, 0.2) is 24.3 Å². The predicted octanol–water partition coefficient (Wildman–Crippen LogP) is 3.76. The van der Waals surface area contributed by atoms with E-state index < -0.39 is 0 Å². The average molecular weight is 229 g/mol. The second-order valence-electron chi connectivity index (χ2n) is 4.94. The number of hydrogen-bond acceptors (Lipinski definition) is 2. The van der Waals surface area contributed by atoms with Crippen molar-refractivity contribution in [2.45, 2.75) is 32.6 Å². The molecule has 1 aromatic carbocycles. The van der Waals surface area contributed by atoms with Gasteiger partial charge in [0.2, 0.25) is 0 Å². The molecule has 1 aromatic rings. The molecule has 0 radical (unpaired) electrons. The Kier molecular flexibility index (Phi) is 4.03. The van der Waals surface area contributed by atoms with Crippen molar-refractivity contribution in [3.63, 3.8) is 0 Å². The number of benzene rings is 1. The summed E-state index contributed by atoms with van der Waals surface area (Å²) in [6.07, 6.45) is 5.24. The molecular weight excluding hydrogens is 210 g/mol. The van der Waals surface area contributed by atoms with E-state index in [0.29, 0.717) is 11.5 Å². The lowest BCUT2D eigenvalue weighted by Gasteiger charge is -2.28. The van der Waals surface area contributed by atoms with Gasteiger partial charge in [0.25, 0.3) is 0 Å². The van der Waals surface area contributed by atoms with Crippen molar-refractivity contribution in [1.29, 1.82) is 5.26 Å². The first-order chi connectivity index (χ1) is 8.31. The fraction of sp³-hybridized carbons (Fsp3) is 0.533. The van der Waals surface area contributed by atoms with E-state index in [1.54, 1.807) is 6.07 Å². The summed E-state index contributed by atoms with van der Waals surface area (Å²) in [5, 5.41) is 8.98. The first-order valence-corrected chi connectivity index (χ1v) is 6.43. The Balaban J connectivity index is 1.95. The van der Waals surface area contributed by atoms with Gasteiger partial charge in [-0.05, 0) is 30.4 Å². The van der Waals surface area contributed by atoms with Gasteiger partial charge in [-0.25, -0.2) is 0 Å². The van der Waals surface area contributed by atoms with Crippen LogP contribution >= 0.6 is 0 Å². The Morgan fingerprint density at radius 2 is 2.06 bits per heavy atom. The third kappa shape index (κ3) is 3.00. The molecule has 0 N–H and O–H groups in total. The molecular formula is C15H19NO. The van der Waals surface area contributed by atoms with Crippen molar-refractivity contribution in [2.24, 2.45) is 11.8 Å². The molecule has 90 valence electrons. The summed E-state index contributed by atoms with van der Waals surface area (Å²) < 4.78 is 5.82. The standard InChI is InChI=1S/C15H19NO/c1-12-6-2-3-8-14(12)11-17-15-9-5-4-7-13(15)10-16/h4-5,7,9,12,14H,2-3,6,8,11H2,1H3/t12?,14-/m1/s1. The Labute approximate surface area is 103 Å². The van der Waals surface area contributed by atoms with E-state index in [9.17, 15) is 0 Å². The zero-order chi connectivity index (χ0) is 12.1. The molecule has 0 spiro atoms. The predicted molar refractivity (Wildman–Crippen MR) is 67.8 cm³/mol. The normalized spacial score (nSPS) is 24.0. The summed E-state index contributed by atoms with van der Waals surface area (Å²) in [7, 11) is 0. The molecule has 0 aliphatic heterocycles. The SMILES string of the molecule is CC1CCCC[C@@H]1COc1ccccc1C#N. The van der Waals surface area contributed by atoms with Crippen molar-refractivity contribution in [2.75, 3.05) is 6.61 Å². The van der Waals surface area contributed by atoms with Gasteiger partial charge in [-0.2, -0.15) is 5.26 Å². The van der Waals surface area contributed by atoms with Gasteiger partial charge in [-0.15, -0.1) is 0 Å². The minimum atomic E-state index is 0.635. The van der Waals surface area contributed by atoms with Gasteiger partial charge in [-0.1, -0.05) is 38.3 Å². The van der Waals surface area contributed by atoms with E-state index in [-0.39, 0.29) is 0 Å². The van der Waals surface area contributed by atoms with E-state index >= 15 is 0 Å². The number of ether oxygens (including phenoxy) is 1. The van der Waals surface area contributed by atoms with Crippen LogP contribution in [0.3, 0.4) is 0 Å².